The first-order valence-corrected chi connectivity index (χ1v) is 8.42. The number of carbonyl (C=O) groups is 2. The third kappa shape index (κ3) is 5.75. The lowest BCUT2D eigenvalue weighted by molar-refractivity contribution is 0.0601. The van der Waals surface area contributed by atoms with Crippen LogP contribution in [0.1, 0.15) is 21.5 Å². The molecule has 0 saturated heterocycles. The molecule has 0 aliphatic carbocycles. The molecule has 26 heavy (non-hydrogen) atoms. The second-order valence-electron chi connectivity index (χ2n) is 6.05. The fraction of sp³-hybridized carbons (Fsp3) is 0.263. The van der Waals surface area contributed by atoms with E-state index in [1.54, 1.807) is 6.07 Å². The van der Waals surface area contributed by atoms with Gasteiger partial charge in [0, 0.05) is 18.8 Å². The number of hydrogen-bond acceptors (Lipinski definition) is 4. The lowest BCUT2D eigenvalue weighted by atomic mass is 10.1. The Morgan fingerprint density at radius 2 is 1.85 bits per heavy atom. The van der Waals surface area contributed by atoms with Crippen molar-refractivity contribution in [1.82, 2.24) is 10.2 Å². The van der Waals surface area contributed by atoms with Gasteiger partial charge in [-0.2, -0.15) is 0 Å². The molecule has 2 amide bonds. The van der Waals surface area contributed by atoms with Gasteiger partial charge in [0.15, 0.2) is 0 Å². The van der Waals surface area contributed by atoms with Crippen LogP contribution >= 0.6 is 11.6 Å². The molecule has 2 aromatic carbocycles. The molecule has 0 unspecified atom stereocenters. The number of halogens is 1. The van der Waals surface area contributed by atoms with Crippen molar-refractivity contribution in [3.05, 3.63) is 64.2 Å². The first-order valence-electron chi connectivity index (χ1n) is 8.04. The van der Waals surface area contributed by atoms with Crippen LogP contribution in [0.2, 0.25) is 5.02 Å². The fourth-order valence-corrected chi connectivity index (χ4v) is 2.62. The maximum Gasteiger partial charge on any atom is 0.339 e. The number of anilines is 1. The first-order chi connectivity index (χ1) is 12.4. The highest BCUT2D eigenvalue weighted by Gasteiger charge is 2.12. The predicted octanol–water partition coefficient (Wildman–Crippen LogP) is 3.51. The normalized spacial score (nSPS) is 10.5. The quantitative estimate of drug-likeness (QED) is 0.758. The van der Waals surface area contributed by atoms with Gasteiger partial charge in [0.1, 0.15) is 0 Å². The number of esters is 1. The van der Waals surface area contributed by atoms with E-state index in [1.807, 2.05) is 32.3 Å². The third-order valence-electron chi connectivity index (χ3n) is 3.57. The minimum Gasteiger partial charge on any atom is -0.465 e. The van der Waals surface area contributed by atoms with Gasteiger partial charge < -0.3 is 20.3 Å². The van der Waals surface area contributed by atoms with Crippen LogP contribution in [-0.4, -0.2) is 38.1 Å². The number of carbonyl (C=O) groups excluding carboxylic acids is 2. The fourth-order valence-electron chi connectivity index (χ4n) is 2.43. The predicted molar refractivity (Wildman–Crippen MR) is 102 cm³/mol. The standard InChI is InChI=1S/C19H22ClN3O3/c1-23(2)12-14-6-4-5-13(9-14)11-21-19(25)22-15-7-8-17(20)16(10-15)18(24)26-3/h4-10H,11-12H2,1-3H3,(H2,21,22,25). The van der Waals surface area contributed by atoms with Crippen LogP contribution in [0.15, 0.2) is 42.5 Å². The van der Waals surface area contributed by atoms with Crippen molar-refractivity contribution >= 4 is 29.3 Å². The Morgan fingerprint density at radius 3 is 2.54 bits per heavy atom. The number of methoxy groups -OCH3 is 1. The molecule has 0 heterocycles. The van der Waals surface area contributed by atoms with Crippen molar-refractivity contribution in [3.63, 3.8) is 0 Å². The van der Waals surface area contributed by atoms with E-state index in [0.717, 1.165) is 12.1 Å². The highest BCUT2D eigenvalue weighted by Crippen LogP contribution is 2.21. The van der Waals surface area contributed by atoms with Crippen molar-refractivity contribution in [1.29, 1.82) is 0 Å². The maximum atomic E-state index is 12.1. The Labute approximate surface area is 158 Å². The Morgan fingerprint density at radius 1 is 1.12 bits per heavy atom. The van der Waals surface area contributed by atoms with Crippen LogP contribution in [-0.2, 0) is 17.8 Å². The van der Waals surface area contributed by atoms with E-state index < -0.39 is 5.97 Å². The molecule has 2 aromatic rings. The summed E-state index contributed by atoms with van der Waals surface area (Å²) < 4.78 is 4.67. The molecule has 0 spiro atoms. The second kappa shape index (κ2) is 9.22. The van der Waals surface area contributed by atoms with Crippen LogP contribution in [0.25, 0.3) is 0 Å². The highest BCUT2D eigenvalue weighted by atomic mass is 35.5. The Bertz CT molecular complexity index is 793. The van der Waals surface area contributed by atoms with E-state index in [1.165, 1.54) is 24.8 Å². The summed E-state index contributed by atoms with van der Waals surface area (Å²) in [6.07, 6.45) is 0. The number of nitrogens with zero attached hydrogens (tertiary/aromatic N) is 1. The van der Waals surface area contributed by atoms with Gasteiger partial charge in [-0.3, -0.25) is 0 Å². The second-order valence-corrected chi connectivity index (χ2v) is 6.46. The summed E-state index contributed by atoms with van der Waals surface area (Å²) in [5.41, 5.74) is 2.83. The number of hydrogen-bond donors (Lipinski definition) is 2. The number of nitrogens with one attached hydrogen (secondary N) is 2. The molecule has 0 aliphatic heterocycles. The van der Waals surface area contributed by atoms with Crippen LogP contribution < -0.4 is 10.6 Å². The summed E-state index contributed by atoms with van der Waals surface area (Å²) >= 11 is 5.97. The van der Waals surface area contributed by atoms with Gasteiger partial charge in [-0.15, -0.1) is 0 Å². The summed E-state index contributed by atoms with van der Waals surface area (Å²) in [5.74, 6) is -0.559. The Kier molecular flexibility index (Phi) is 7.00. The molecular weight excluding hydrogens is 354 g/mol. The maximum absolute atomic E-state index is 12.1. The zero-order chi connectivity index (χ0) is 19.1. The molecule has 0 aliphatic rings. The van der Waals surface area contributed by atoms with Gasteiger partial charge in [0.25, 0.3) is 0 Å². The van der Waals surface area contributed by atoms with Crippen LogP contribution in [0.4, 0.5) is 10.5 Å². The number of ether oxygens (including phenoxy) is 1. The smallest absolute Gasteiger partial charge is 0.339 e. The minimum atomic E-state index is -0.559. The van der Waals surface area contributed by atoms with Gasteiger partial charge in [0.05, 0.1) is 17.7 Å². The van der Waals surface area contributed by atoms with E-state index in [4.69, 9.17) is 11.6 Å². The largest absolute Gasteiger partial charge is 0.465 e. The lowest BCUT2D eigenvalue weighted by Crippen LogP contribution is -2.28. The van der Waals surface area contributed by atoms with Gasteiger partial charge in [-0.25, -0.2) is 9.59 Å². The molecule has 2 rings (SSSR count). The van der Waals surface area contributed by atoms with Crippen molar-refractivity contribution in [3.8, 4) is 0 Å². The molecule has 0 radical (unpaired) electrons. The molecule has 0 atom stereocenters. The summed E-state index contributed by atoms with van der Waals surface area (Å²) in [6.45, 7) is 1.23. The van der Waals surface area contributed by atoms with E-state index in [0.29, 0.717) is 12.2 Å². The zero-order valence-electron chi connectivity index (χ0n) is 15.0. The Hall–Kier alpha value is -2.57. The van der Waals surface area contributed by atoms with E-state index in [9.17, 15) is 9.59 Å². The SMILES string of the molecule is COC(=O)c1cc(NC(=O)NCc2cccc(CN(C)C)c2)ccc1Cl. The van der Waals surface area contributed by atoms with Gasteiger partial charge in [0.2, 0.25) is 0 Å². The van der Waals surface area contributed by atoms with Gasteiger partial charge >= 0.3 is 12.0 Å². The lowest BCUT2D eigenvalue weighted by Gasteiger charge is -2.12. The summed E-state index contributed by atoms with van der Waals surface area (Å²) in [5, 5.41) is 5.74. The zero-order valence-corrected chi connectivity index (χ0v) is 15.8. The van der Waals surface area contributed by atoms with Crippen LogP contribution in [0.5, 0.6) is 0 Å². The molecule has 138 valence electrons. The molecule has 2 N–H and O–H groups in total. The van der Waals surface area contributed by atoms with E-state index >= 15 is 0 Å². The summed E-state index contributed by atoms with van der Waals surface area (Å²) in [4.78, 5) is 25.8. The third-order valence-corrected chi connectivity index (χ3v) is 3.90. The molecule has 7 heteroatoms. The molecule has 0 fully saturated rings. The molecule has 0 bridgehead atoms. The number of benzene rings is 2. The van der Waals surface area contributed by atoms with E-state index in [2.05, 4.69) is 26.3 Å². The van der Waals surface area contributed by atoms with Crippen LogP contribution in [0, 0.1) is 0 Å². The van der Waals surface area contributed by atoms with Crippen molar-refractivity contribution in [2.75, 3.05) is 26.5 Å². The monoisotopic (exact) mass is 375 g/mol. The van der Waals surface area contributed by atoms with Crippen molar-refractivity contribution in [2.45, 2.75) is 13.1 Å². The van der Waals surface area contributed by atoms with Crippen LogP contribution in [0.3, 0.4) is 0 Å². The van der Waals surface area contributed by atoms with E-state index in [-0.39, 0.29) is 16.6 Å². The van der Waals surface area contributed by atoms with Crippen molar-refractivity contribution in [2.24, 2.45) is 0 Å². The average Bonchev–Trinajstić information content (AvgIpc) is 2.60. The molecule has 0 aromatic heterocycles. The van der Waals surface area contributed by atoms with Crippen molar-refractivity contribution < 1.29 is 14.3 Å². The number of rotatable bonds is 6. The minimum absolute atomic E-state index is 0.198. The number of amides is 2. The average molecular weight is 376 g/mol. The number of urea groups is 1. The first kappa shape index (κ1) is 19.8. The molecular formula is C19H22ClN3O3. The molecule has 6 nitrogen and oxygen atoms in total. The molecule has 0 saturated carbocycles. The highest BCUT2D eigenvalue weighted by molar-refractivity contribution is 6.33. The van der Waals surface area contributed by atoms with Gasteiger partial charge in [-0.1, -0.05) is 35.9 Å². The van der Waals surface area contributed by atoms with Gasteiger partial charge in [-0.05, 0) is 43.4 Å². The topological polar surface area (TPSA) is 70.7 Å². The summed E-state index contributed by atoms with van der Waals surface area (Å²) in [7, 11) is 5.29. The summed E-state index contributed by atoms with van der Waals surface area (Å²) in [6, 6.07) is 12.3. The Balaban J connectivity index is 1.96.